The lowest BCUT2D eigenvalue weighted by Crippen LogP contribution is -2.22. The van der Waals surface area contributed by atoms with Gasteiger partial charge in [-0.25, -0.2) is 0 Å². The second kappa shape index (κ2) is 4.70. The largest absolute Gasteiger partial charge is 0.391 e. The summed E-state index contributed by atoms with van der Waals surface area (Å²) in [6.07, 6.45) is 4.05. The van der Waals surface area contributed by atoms with Gasteiger partial charge in [0.05, 0.1) is 11.8 Å². The van der Waals surface area contributed by atoms with Gasteiger partial charge in [-0.15, -0.1) is 10.2 Å². The Balaban J connectivity index is 1.81. The molecular weight excluding hydrogens is 228 g/mol. The standard InChI is InChI=1S/C13H14N4O/c18-11-5-7-17(9-11)13-4-3-12(15-16-13)10-2-1-6-14-8-10/h1-4,6,8,11,18H,5,7,9H2. The van der Waals surface area contributed by atoms with Crippen LogP contribution in [0.4, 0.5) is 5.82 Å². The molecule has 1 fully saturated rings. The number of aliphatic hydroxyl groups excluding tert-OH is 1. The van der Waals surface area contributed by atoms with E-state index in [4.69, 9.17) is 0 Å². The molecule has 5 nitrogen and oxygen atoms in total. The van der Waals surface area contributed by atoms with Crippen molar-refractivity contribution in [3.63, 3.8) is 0 Å². The van der Waals surface area contributed by atoms with Crippen molar-refractivity contribution in [3.8, 4) is 11.3 Å². The van der Waals surface area contributed by atoms with Gasteiger partial charge in [0.25, 0.3) is 0 Å². The number of anilines is 1. The smallest absolute Gasteiger partial charge is 0.151 e. The van der Waals surface area contributed by atoms with Gasteiger partial charge in [0, 0.05) is 31.0 Å². The lowest BCUT2D eigenvalue weighted by atomic mass is 10.2. The van der Waals surface area contributed by atoms with Gasteiger partial charge in [0.15, 0.2) is 5.82 Å². The highest BCUT2D eigenvalue weighted by molar-refractivity contribution is 5.58. The molecule has 0 bridgehead atoms. The summed E-state index contributed by atoms with van der Waals surface area (Å²) in [5.74, 6) is 0.819. The number of aliphatic hydroxyl groups is 1. The summed E-state index contributed by atoms with van der Waals surface area (Å²) in [5, 5.41) is 17.9. The van der Waals surface area contributed by atoms with E-state index in [-0.39, 0.29) is 6.10 Å². The van der Waals surface area contributed by atoms with Crippen molar-refractivity contribution in [2.24, 2.45) is 0 Å². The molecule has 1 N–H and O–H groups in total. The van der Waals surface area contributed by atoms with Crippen LogP contribution in [0.2, 0.25) is 0 Å². The summed E-state index contributed by atoms with van der Waals surface area (Å²) in [6, 6.07) is 7.70. The normalized spacial score (nSPS) is 19.2. The van der Waals surface area contributed by atoms with E-state index in [0.29, 0.717) is 6.54 Å². The minimum Gasteiger partial charge on any atom is -0.391 e. The number of aromatic nitrogens is 3. The van der Waals surface area contributed by atoms with Crippen LogP contribution in [0.25, 0.3) is 11.3 Å². The molecule has 0 spiro atoms. The second-order valence-corrected chi connectivity index (χ2v) is 4.41. The van der Waals surface area contributed by atoms with Crippen LogP contribution in [0, 0.1) is 0 Å². The van der Waals surface area contributed by atoms with Crippen LogP contribution < -0.4 is 4.90 Å². The first-order valence-corrected chi connectivity index (χ1v) is 6.00. The first kappa shape index (κ1) is 11.1. The van der Waals surface area contributed by atoms with Crippen molar-refractivity contribution in [2.75, 3.05) is 18.0 Å². The second-order valence-electron chi connectivity index (χ2n) is 4.41. The molecule has 2 aromatic heterocycles. The predicted molar refractivity (Wildman–Crippen MR) is 68.1 cm³/mol. The Morgan fingerprint density at radius 2 is 2.17 bits per heavy atom. The summed E-state index contributed by atoms with van der Waals surface area (Å²) in [5.41, 5.74) is 1.77. The number of pyridine rings is 1. The molecule has 2 aromatic rings. The van der Waals surface area contributed by atoms with Crippen LogP contribution in [-0.2, 0) is 0 Å². The maximum atomic E-state index is 9.50. The van der Waals surface area contributed by atoms with E-state index in [0.717, 1.165) is 30.0 Å². The summed E-state index contributed by atoms with van der Waals surface area (Å²) in [6.45, 7) is 1.48. The van der Waals surface area contributed by atoms with Crippen molar-refractivity contribution in [1.82, 2.24) is 15.2 Å². The number of nitrogens with zero attached hydrogens (tertiary/aromatic N) is 4. The van der Waals surface area contributed by atoms with Crippen LogP contribution in [0.15, 0.2) is 36.7 Å². The molecule has 1 aliphatic rings. The zero-order chi connectivity index (χ0) is 12.4. The van der Waals surface area contributed by atoms with E-state index in [1.807, 2.05) is 29.2 Å². The fourth-order valence-corrected chi connectivity index (χ4v) is 2.11. The average Bonchev–Trinajstić information content (AvgIpc) is 2.87. The lowest BCUT2D eigenvalue weighted by molar-refractivity contribution is 0.198. The number of hydrogen-bond acceptors (Lipinski definition) is 5. The predicted octanol–water partition coefficient (Wildman–Crippen LogP) is 1.11. The molecule has 0 aliphatic carbocycles. The molecule has 0 amide bonds. The Kier molecular flexibility index (Phi) is 2.90. The van der Waals surface area contributed by atoms with Crippen LogP contribution >= 0.6 is 0 Å². The Labute approximate surface area is 105 Å². The molecule has 1 unspecified atom stereocenters. The molecular formula is C13H14N4O. The highest BCUT2D eigenvalue weighted by Gasteiger charge is 2.21. The molecule has 1 aliphatic heterocycles. The fraction of sp³-hybridized carbons (Fsp3) is 0.308. The van der Waals surface area contributed by atoms with Crippen LogP contribution in [0.5, 0.6) is 0 Å². The van der Waals surface area contributed by atoms with Gasteiger partial charge >= 0.3 is 0 Å². The quantitative estimate of drug-likeness (QED) is 0.854. The first-order chi connectivity index (χ1) is 8.83. The zero-order valence-corrected chi connectivity index (χ0v) is 9.90. The highest BCUT2D eigenvalue weighted by atomic mass is 16.3. The summed E-state index contributed by atoms with van der Waals surface area (Å²) < 4.78 is 0. The summed E-state index contributed by atoms with van der Waals surface area (Å²) >= 11 is 0. The Bertz CT molecular complexity index is 514. The average molecular weight is 242 g/mol. The molecule has 5 heteroatoms. The number of β-amino-alcohol motifs (C(OH)–C–C–N with tert-alkyl or cyclic N) is 1. The molecule has 0 radical (unpaired) electrons. The van der Waals surface area contributed by atoms with Crippen molar-refractivity contribution < 1.29 is 5.11 Å². The molecule has 3 heterocycles. The molecule has 0 aromatic carbocycles. The Hall–Kier alpha value is -2.01. The number of hydrogen-bond donors (Lipinski definition) is 1. The van der Waals surface area contributed by atoms with Gasteiger partial charge in [-0.2, -0.15) is 0 Å². The minimum atomic E-state index is -0.246. The van der Waals surface area contributed by atoms with Gasteiger partial charge in [0.1, 0.15) is 0 Å². The maximum Gasteiger partial charge on any atom is 0.151 e. The Morgan fingerprint density at radius 3 is 2.78 bits per heavy atom. The number of rotatable bonds is 2. The summed E-state index contributed by atoms with van der Waals surface area (Å²) in [4.78, 5) is 6.11. The molecule has 1 saturated heterocycles. The monoisotopic (exact) mass is 242 g/mol. The highest BCUT2D eigenvalue weighted by Crippen LogP contribution is 2.20. The topological polar surface area (TPSA) is 62.1 Å². The van der Waals surface area contributed by atoms with Crippen LogP contribution in [0.3, 0.4) is 0 Å². The SMILES string of the molecule is OC1CCN(c2ccc(-c3cccnc3)nn2)C1. The molecule has 1 atom stereocenters. The molecule has 3 rings (SSSR count). The maximum absolute atomic E-state index is 9.50. The lowest BCUT2D eigenvalue weighted by Gasteiger charge is -2.15. The first-order valence-electron chi connectivity index (χ1n) is 6.00. The van der Waals surface area contributed by atoms with Gasteiger partial charge in [-0.05, 0) is 30.7 Å². The van der Waals surface area contributed by atoms with E-state index in [1.54, 1.807) is 12.4 Å². The van der Waals surface area contributed by atoms with E-state index < -0.39 is 0 Å². The van der Waals surface area contributed by atoms with Gasteiger partial charge in [-0.1, -0.05) is 0 Å². The minimum absolute atomic E-state index is 0.246. The zero-order valence-electron chi connectivity index (χ0n) is 9.90. The third-order valence-electron chi connectivity index (χ3n) is 3.10. The fourth-order valence-electron chi connectivity index (χ4n) is 2.11. The van der Waals surface area contributed by atoms with Crippen molar-refractivity contribution in [3.05, 3.63) is 36.7 Å². The van der Waals surface area contributed by atoms with E-state index in [1.165, 1.54) is 0 Å². The van der Waals surface area contributed by atoms with Gasteiger partial charge in [-0.3, -0.25) is 4.98 Å². The van der Waals surface area contributed by atoms with Crippen molar-refractivity contribution in [2.45, 2.75) is 12.5 Å². The van der Waals surface area contributed by atoms with Crippen LogP contribution in [-0.4, -0.2) is 39.5 Å². The third kappa shape index (κ3) is 2.17. The Morgan fingerprint density at radius 1 is 1.22 bits per heavy atom. The van der Waals surface area contributed by atoms with E-state index >= 15 is 0 Å². The third-order valence-corrected chi connectivity index (χ3v) is 3.10. The van der Waals surface area contributed by atoms with E-state index in [2.05, 4.69) is 15.2 Å². The molecule has 92 valence electrons. The van der Waals surface area contributed by atoms with E-state index in [9.17, 15) is 5.11 Å². The molecule has 0 saturated carbocycles. The van der Waals surface area contributed by atoms with Gasteiger partial charge < -0.3 is 10.0 Å². The van der Waals surface area contributed by atoms with Crippen LogP contribution in [0.1, 0.15) is 6.42 Å². The molecule has 18 heavy (non-hydrogen) atoms. The van der Waals surface area contributed by atoms with Gasteiger partial charge in [0.2, 0.25) is 0 Å². The summed E-state index contributed by atoms with van der Waals surface area (Å²) in [7, 11) is 0. The van der Waals surface area contributed by atoms with Crippen molar-refractivity contribution in [1.29, 1.82) is 0 Å². The van der Waals surface area contributed by atoms with Crippen molar-refractivity contribution >= 4 is 5.82 Å².